The average Bonchev–Trinajstić information content (AvgIpc) is 2.74. The molecule has 0 unspecified atom stereocenters. The van der Waals surface area contributed by atoms with Crippen LogP contribution in [0.4, 0.5) is 11.5 Å². The topological polar surface area (TPSA) is 27.8 Å². The molecule has 0 aliphatic carbocycles. The summed E-state index contributed by atoms with van der Waals surface area (Å²) in [5.74, 6) is 0.998. The highest BCUT2D eigenvalue weighted by Crippen LogP contribution is 2.26. The molecule has 0 atom stereocenters. The zero-order chi connectivity index (χ0) is 11.7. The SMILES string of the molecule is Brc1ccccc1Nc1cc2ccccc2[nH]1. The standard InChI is InChI=1S/C14H11BrN2/c15-11-6-2-4-8-13(11)17-14-9-10-5-1-3-7-12(10)16-14/h1-9,16-17H. The molecular formula is C14H11BrN2. The lowest BCUT2D eigenvalue weighted by molar-refractivity contribution is 1.41. The van der Waals surface area contributed by atoms with Crippen LogP contribution in [0.3, 0.4) is 0 Å². The van der Waals surface area contributed by atoms with Gasteiger partial charge in [-0.2, -0.15) is 0 Å². The van der Waals surface area contributed by atoms with Gasteiger partial charge in [-0.25, -0.2) is 0 Å². The summed E-state index contributed by atoms with van der Waals surface area (Å²) in [6.45, 7) is 0. The zero-order valence-electron chi connectivity index (χ0n) is 9.07. The Kier molecular flexibility index (Phi) is 2.61. The minimum Gasteiger partial charge on any atom is -0.341 e. The fraction of sp³-hybridized carbons (Fsp3) is 0. The third kappa shape index (κ3) is 2.06. The van der Waals surface area contributed by atoms with Crippen molar-refractivity contribution < 1.29 is 0 Å². The first-order chi connectivity index (χ1) is 8.33. The number of fused-ring (bicyclic) bond motifs is 1. The van der Waals surface area contributed by atoms with Gasteiger partial charge in [0.1, 0.15) is 5.82 Å². The first-order valence-electron chi connectivity index (χ1n) is 5.42. The third-order valence-corrected chi connectivity index (χ3v) is 3.36. The Morgan fingerprint density at radius 1 is 0.941 bits per heavy atom. The van der Waals surface area contributed by atoms with E-state index in [0.717, 1.165) is 21.5 Å². The highest BCUT2D eigenvalue weighted by atomic mass is 79.9. The van der Waals surface area contributed by atoms with Gasteiger partial charge in [-0.15, -0.1) is 0 Å². The summed E-state index contributed by atoms with van der Waals surface area (Å²) in [6.07, 6.45) is 0. The van der Waals surface area contributed by atoms with Gasteiger partial charge in [-0.3, -0.25) is 0 Å². The van der Waals surface area contributed by atoms with E-state index in [1.807, 2.05) is 36.4 Å². The maximum Gasteiger partial charge on any atom is 0.108 e. The van der Waals surface area contributed by atoms with Gasteiger partial charge in [0.2, 0.25) is 0 Å². The van der Waals surface area contributed by atoms with E-state index in [1.54, 1.807) is 0 Å². The number of H-pyrrole nitrogens is 1. The molecule has 3 rings (SSSR count). The van der Waals surface area contributed by atoms with E-state index in [-0.39, 0.29) is 0 Å². The molecule has 1 aromatic heterocycles. The molecule has 0 spiro atoms. The predicted octanol–water partition coefficient (Wildman–Crippen LogP) is 4.67. The number of halogens is 1. The summed E-state index contributed by atoms with van der Waals surface area (Å²) in [4.78, 5) is 3.34. The minimum atomic E-state index is 0.998. The van der Waals surface area contributed by atoms with Crippen molar-refractivity contribution in [1.82, 2.24) is 4.98 Å². The maximum atomic E-state index is 3.52. The Bertz CT molecular complexity index is 625. The molecule has 84 valence electrons. The Morgan fingerprint density at radius 2 is 1.71 bits per heavy atom. The second-order valence-electron chi connectivity index (χ2n) is 3.88. The molecule has 0 aliphatic rings. The summed E-state index contributed by atoms with van der Waals surface area (Å²) < 4.78 is 1.05. The van der Waals surface area contributed by atoms with E-state index < -0.39 is 0 Å². The first kappa shape index (κ1) is 10.4. The average molecular weight is 287 g/mol. The molecule has 3 aromatic rings. The third-order valence-electron chi connectivity index (χ3n) is 2.67. The number of hydrogen-bond acceptors (Lipinski definition) is 1. The molecule has 0 bridgehead atoms. The monoisotopic (exact) mass is 286 g/mol. The zero-order valence-corrected chi connectivity index (χ0v) is 10.7. The van der Waals surface area contributed by atoms with E-state index in [1.165, 1.54) is 5.39 Å². The molecule has 2 N–H and O–H groups in total. The Balaban J connectivity index is 1.98. The number of aromatic nitrogens is 1. The fourth-order valence-corrected chi connectivity index (χ4v) is 2.23. The molecule has 3 heteroatoms. The number of hydrogen-bond donors (Lipinski definition) is 2. The largest absolute Gasteiger partial charge is 0.341 e. The Morgan fingerprint density at radius 3 is 2.53 bits per heavy atom. The molecule has 0 radical (unpaired) electrons. The van der Waals surface area contributed by atoms with Crippen LogP contribution in [0, 0.1) is 0 Å². The van der Waals surface area contributed by atoms with Crippen LogP contribution in [0.5, 0.6) is 0 Å². The lowest BCUT2D eigenvalue weighted by Gasteiger charge is -2.05. The highest BCUT2D eigenvalue weighted by molar-refractivity contribution is 9.10. The van der Waals surface area contributed by atoms with Crippen molar-refractivity contribution in [3.8, 4) is 0 Å². The second kappa shape index (κ2) is 4.26. The van der Waals surface area contributed by atoms with Gasteiger partial charge in [0.05, 0.1) is 5.69 Å². The predicted molar refractivity (Wildman–Crippen MR) is 75.7 cm³/mol. The van der Waals surface area contributed by atoms with Crippen LogP contribution in [0.2, 0.25) is 0 Å². The molecule has 17 heavy (non-hydrogen) atoms. The van der Waals surface area contributed by atoms with Crippen molar-refractivity contribution in [2.24, 2.45) is 0 Å². The van der Waals surface area contributed by atoms with Crippen LogP contribution in [-0.4, -0.2) is 4.98 Å². The van der Waals surface area contributed by atoms with Gasteiger partial charge in [0, 0.05) is 15.4 Å². The second-order valence-corrected chi connectivity index (χ2v) is 4.73. The van der Waals surface area contributed by atoms with Gasteiger partial charge in [0.25, 0.3) is 0 Å². The Labute approximate surface area is 108 Å². The molecule has 2 nitrogen and oxygen atoms in total. The van der Waals surface area contributed by atoms with Crippen LogP contribution < -0.4 is 5.32 Å². The van der Waals surface area contributed by atoms with E-state index in [4.69, 9.17) is 0 Å². The van der Waals surface area contributed by atoms with Crippen molar-refractivity contribution in [2.75, 3.05) is 5.32 Å². The number of benzene rings is 2. The van der Waals surface area contributed by atoms with Crippen molar-refractivity contribution >= 4 is 38.3 Å². The van der Waals surface area contributed by atoms with E-state index in [0.29, 0.717) is 0 Å². The summed E-state index contributed by atoms with van der Waals surface area (Å²) >= 11 is 3.52. The van der Waals surface area contributed by atoms with Crippen LogP contribution >= 0.6 is 15.9 Å². The number of rotatable bonds is 2. The molecule has 0 amide bonds. The summed E-state index contributed by atoms with van der Waals surface area (Å²) in [7, 11) is 0. The van der Waals surface area contributed by atoms with E-state index in [2.05, 4.69) is 44.4 Å². The number of para-hydroxylation sites is 2. The summed E-state index contributed by atoms with van der Waals surface area (Å²) in [5.41, 5.74) is 2.20. The van der Waals surface area contributed by atoms with Crippen LogP contribution in [0.1, 0.15) is 0 Å². The highest BCUT2D eigenvalue weighted by Gasteiger charge is 2.02. The number of anilines is 2. The quantitative estimate of drug-likeness (QED) is 0.704. The summed E-state index contributed by atoms with van der Waals surface area (Å²) in [6, 6.07) is 18.4. The molecule has 0 saturated carbocycles. The molecule has 0 fully saturated rings. The van der Waals surface area contributed by atoms with E-state index in [9.17, 15) is 0 Å². The normalized spacial score (nSPS) is 10.6. The summed E-state index contributed by atoms with van der Waals surface area (Å²) in [5, 5.41) is 4.57. The lowest BCUT2D eigenvalue weighted by Crippen LogP contribution is -1.90. The van der Waals surface area contributed by atoms with Crippen LogP contribution in [-0.2, 0) is 0 Å². The molecule has 2 aromatic carbocycles. The van der Waals surface area contributed by atoms with Gasteiger partial charge in [-0.05, 0) is 40.2 Å². The van der Waals surface area contributed by atoms with Crippen molar-refractivity contribution in [1.29, 1.82) is 0 Å². The van der Waals surface area contributed by atoms with Crippen LogP contribution in [0.25, 0.3) is 10.9 Å². The maximum absolute atomic E-state index is 3.52. The van der Waals surface area contributed by atoms with Crippen molar-refractivity contribution in [3.63, 3.8) is 0 Å². The number of aromatic amines is 1. The smallest absolute Gasteiger partial charge is 0.108 e. The van der Waals surface area contributed by atoms with Crippen molar-refractivity contribution in [2.45, 2.75) is 0 Å². The van der Waals surface area contributed by atoms with E-state index >= 15 is 0 Å². The fourth-order valence-electron chi connectivity index (χ4n) is 1.85. The van der Waals surface area contributed by atoms with Gasteiger partial charge in [0.15, 0.2) is 0 Å². The number of nitrogens with one attached hydrogen (secondary N) is 2. The first-order valence-corrected chi connectivity index (χ1v) is 6.21. The molecule has 0 saturated heterocycles. The van der Waals surface area contributed by atoms with Gasteiger partial charge >= 0.3 is 0 Å². The van der Waals surface area contributed by atoms with Gasteiger partial charge in [-0.1, -0.05) is 30.3 Å². The molecule has 0 aliphatic heterocycles. The molecular weight excluding hydrogens is 276 g/mol. The molecule has 1 heterocycles. The van der Waals surface area contributed by atoms with Gasteiger partial charge < -0.3 is 10.3 Å². The minimum absolute atomic E-state index is 0.998. The van der Waals surface area contributed by atoms with Crippen LogP contribution in [0.15, 0.2) is 59.1 Å². The van der Waals surface area contributed by atoms with Crippen molar-refractivity contribution in [3.05, 3.63) is 59.1 Å². The Hall–Kier alpha value is -1.74. The lowest BCUT2D eigenvalue weighted by atomic mass is 10.2.